The summed E-state index contributed by atoms with van der Waals surface area (Å²) in [4.78, 5) is 6.74. The Morgan fingerprint density at radius 3 is 2.64 bits per heavy atom. The topological polar surface area (TPSA) is 79.0 Å². The summed E-state index contributed by atoms with van der Waals surface area (Å²) < 4.78 is 11.8. The number of likely N-dealkylation sites (tertiary alicyclic amines) is 1. The molecule has 6 heteroatoms. The summed E-state index contributed by atoms with van der Waals surface area (Å²) in [6.45, 7) is 3.63. The molecular formula is C22H24N2O4. The highest BCUT2D eigenvalue weighted by Crippen LogP contribution is 2.28. The highest BCUT2D eigenvalue weighted by molar-refractivity contribution is 5.57. The van der Waals surface area contributed by atoms with E-state index in [0.717, 1.165) is 29.3 Å². The number of ether oxygens (including phenoxy) is 1. The summed E-state index contributed by atoms with van der Waals surface area (Å²) in [7, 11) is 0. The first-order valence-electron chi connectivity index (χ1n) is 9.46. The van der Waals surface area contributed by atoms with Crippen molar-refractivity contribution in [3.63, 3.8) is 0 Å². The van der Waals surface area contributed by atoms with Gasteiger partial charge in [-0.3, -0.25) is 4.90 Å². The molecule has 2 heterocycles. The summed E-state index contributed by atoms with van der Waals surface area (Å²) in [5.74, 6) is 2.79. The standard InChI is InChI=1S/C22H24N2O4/c1-15-19(13-24-11-10-20(25)21(26)14-24)23-22(27-15)16-6-5-9-18(12-16)28-17-7-3-2-4-8-17/h2-9,12,20-21,25-26H,10-11,13-14H2,1H3/t20-,21-/m1/s1. The van der Waals surface area contributed by atoms with Crippen LogP contribution in [0.1, 0.15) is 17.9 Å². The summed E-state index contributed by atoms with van der Waals surface area (Å²) in [5.41, 5.74) is 1.69. The number of β-amino-alcohol motifs (C(OH)–C–C–N with tert-alkyl or cyclic N) is 1. The Labute approximate surface area is 164 Å². The molecule has 0 spiro atoms. The van der Waals surface area contributed by atoms with Gasteiger partial charge in [-0.1, -0.05) is 24.3 Å². The number of aryl methyl sites for hydroxylation is 1. The molecule has 0 unspecified atom stereocenters. The number of hydrogen-bond donors (Lipinski definition) is 2. The van der Waals surface area contributed by atoms with Crippen molar-refractivity contribution < 1.29 is 19.4 Å². The van der Waals surface area contributed by atoms with E-state index >= 15 is 0 Å². The zero-order valence-corrected chi connectivity index (χ0v) is 15.8. The lowest BCUT2D eigenvalue weighted by atomic mass is 10.1. The highest BCUT2D eigenvalue weighted by atomic mass is 16.5. The van der Waals surface area contributed by atoms with Gasteiger partial charge in [0.1, 0.15) is 17.3 Å². The molecule has 2 atom stereocenters. The average molecular weight is 380 g/mol. The first kappa shape index (κ1) is 18.7. The Hall–Kier alpha value is -2.67. The zero-order chi connectivity index (χ0) is 19.5. The van der Waals surface area contributed by atoms with Crippen molar-refractivity contribution in [2.45, 2.75) is 32.1 Å². The van der Waals surface area contributed by atoms with Crippen LogP contribution in [0.25, 0.3) is 11.5 Å². The first-order valence-corrected chi connectivity index (χ1v) is 9.46. The average Bonchev–Trinajstić information content (AvgIpc) is 3.06. The van der Waals surface area contributed by atoms with Gasteiger partial charge >= 0.3 is 0 Å². The normalized spacial score (nSPS) is 20.2. The fourth-order valence-electron chi connectivity index (χ4n) is 3.36. The van der Waals surface area contributed by atoms with Crippen molar-refractivity contribution >= 4 is 0 Å². The van der Waals surface area contributed by atoms with Gasteiger partial charge in [-0.15, -0.1) is 0 Å². The smallest absolute Gasteiger partial charge is 0.226 e. The maximum absolute atomic E-state index is 9.88. The second-order valence-corrected chi connectivity index (χ2v) is 7.12. The molecule has 0 bridgehead atoms. The fraction of sp³-hybridized carbons (Fsp3) is 0.318. The van der Waals surface area contributed by atoms with E-state index in [1.807, 2.05) is 61.5 Å². The van der Waals surface area contributed by atoms with Gasteiger partial charge in [-0.05, 0) is 43.7 Å². The minimum absolute atomic E-state index is 0.434. The van der Waals surface area contributed by atoms with Gasteiger partial charge in [0.05, 0.1) is 17.9 Å². The molecule has 28 heavy (non-hydrogen) atoms. The first-order chi connectivity index (χ1) is 13.6. The lowest BCUT2D eigenvalue weighted by Crippen LogP contribution is -2.46. The van der Waals surface area contributed by atoms with E-state index in [1.165, 1.54) is 0 Å². The molecular weight excluding hydrogens is 356 g/mol. The van der Waals surface area contributed by atoms with Crippen LogP contribution in [0.5, 0.6) is 11.5 Å². The molecule has 1 aliphatic heterocycles. The van der Waals surface area contributed by atoms with Crippen LogP contribution in [-0.4, -0.2) is 45.4 Å². The van der Waals surface area contributed by atoms with E-state index in [4.69, 9.17) is 9.15 Å². The van der Waals surface area contributed by atoms with Crippen molar-refractivity contribution in [1.82, 2.24) is 9.88 Å². The van der Waals surface area contributed by atoms with E-state index in [0.29, 0.717) is 31.2 Å². The minimum atomic E-state index is -0.716. The highest BCUT2D eigenvalue weighted by Gasteiger charge is 2.27. The molecule has 1 saturated heterocycles. The molecule has 2 aromatic carbocycles. The van der Waals surface area contributed by atoms with Crippen molar-refractivity contribution in [2.24, 2.45) is 0 Å². The molecule has 146 valence electrons. The third kappa shape index (κ3) is 4.25. The monoisotopic (exact) mass is 380 g/mol. The summed E-state index contributed by atoms with van der Waals surface area (Å²) >= 11 is 0. The third-order valence-electron chi connectivity index (χ3n) is 4.96. The Bertz CT molecular complexity index is 925. The van der Waals surface area contributed by atoms with Crippen LogP contribution in [0, 0.1) is 6.92 Å². The number of para-hydroxylation sites is 1. The van der Waals surface area contributed by atoms with Crippen LogP contribution in [0.4, 0.5) is 0 Å². The number of piperidine rings is 1. The summed E-state index contributed by atoms with van der Waals surface area (Å²) in [6.07, 6.45) is -0.797. The number of aliphatic hydroxyl groups is 2. The minimum Gasteiger partial charge on any atom is -0.457 e. The molecule has 2 N–H and O–H groups in total. The molecule has 0 amide bonds. The van der Waals surface area contributed by atoms with Gasteiger partial charge < -0.3 is 19.4 Å². The van der Waals surface area contributed by atoms with Gasteiger partial charge in [-0.2, -0.15) is 0 Å². The second kappa shape index (κ2) is 8.14. The number of aromatic nitrogens is 1. The number of hydrogen-bond acceptors (Lipinski definition) is 6. The fourth-order valence-corrected chi connectivity index (χ4v) is 3.36. The molecule has 1 aliphatic rings. The van der Waals surface area contributed by atoms with Gasteiger partial charge in [0.2, 0.25) is 5.89 Å². The summed E-state index contributed by atoms with van der Waals surface area (Å²) in [6, 6.07) is 17.3. The van der Waals surface area contributed by atoms with Crippen LogP contribution < -0.4 is 4.74 Å². The maximum atomic E-state index is 9.88. The lowest BCUT2D eigenvalue weighted by molar-refractivity contribution is -0.0406. The Kier molecular flexibility index (Phi) is 5.43. The third-order valence-corrected chi connectivity index (χ3v) is 4.96. The van der Waals surface area contributed by atoms with Gasteiger partial charge in [0, 0.05) is 25.2 Å². The van der Waals surface area contributed by atoms with E-state index in [1.54, 1.807) is 0 Å². The predicted octanol–water partition coefficient (Wildman–Crippen LogP) is 3.37. The number of oxazole rings is 1. The van der Waals surface area contributed by atoms with E-state index < -0.39 is 12.2 Å². The number of rotatable bonds is 5. The molecule has 0 aliphatic carbocycles. The predicted molar refractivity (Wildman–Crippen MR) is 105 cm³/mol. The molecule has 6 nitrogen and oxygen atoms in total. The van der Waals surface area contributed by atoms with Crippen molar-refractivity contribution in [1.29, 1.82) is 0 Å². The summed E-state index contributed by atoms with van der Waals surface area (Å²) in [5, 5.41) is 19.6. The maximum Gasteiger partial charge on any atom is 0.226 e. The van der Waals surface area contributed by atoms with Crippen molar-refractivity contribution in [2.75, 3.05) is 13.1 Å². The van der Waals surface area contributed by atoms with Crippen LogP contribution in [-0.2, 0) is 6.54 Å². The van der Waals surface area contributed by atoms with Crippen LogP contribution >= 0.6 is 0 Å². The SMILES string of the molecule is Cc1oc(-c2cccc(Oc3ccccc3)c2)nc1CN1CC[C@@H](O)[C@H](O)C1. The number of aliphatic hydroxyl groups excluding tert-OH is 2. The van der Waals surface area contributed by atoms with Crippen LogP contribution in [0.15, 0.2) is 59.0 Å². The van der Waals surface area contributed by atoms with Gasteiger partial charge in [0.15, 0.2) is 0 Å². The Balaban J connectivity index is 1.49. The molecule has 3 aromatic rings. The van der Waals surface area contributed by atoms with E-state index in [2.05, 4.69) is 9.88 Å². The van der Waals surface area contributed by atoms with Gasteiger partial charge in [0.25, 0.3) is 0 Å². The van der Waals surface area contributed by atoms with Crippen LogP contribution in [0.2, 0.25) is 0 Å². The quantitative estimate of drug-likeness (QED) is 0.707. The zero-order valence-electron chi connectivity index (χ0n) is 15.8. The van der Waals surface area contributed by atoms with Crippen molar-refractivity contribution in [3.05, 3.63) is 66.1 Å². The molecule has 0 saturated carbocycles. The van der Waals surface area contributed by atoms with Crippen molar-refractivity contribution in [3.8, 4) is 23.0 Å². The Morgan fingerprint density at radius 2 is 1.86 bits per heavy atom. The lowest BCUT2D eigenvalue weighted by Gasteiger charge is -2.32. The van der Waals surface area contributed by atoms with Crippen LogP contribution in [0.3, 0.4) is 0 Å². The second-order valence-electron chi connectivity index (χ2n) is 7.12. The molecule has 4 rings (SSSR count). The largest absolute Gasteiger partial charge is 0.457 e. The van der Waals surface area contributed by atoms with E-state index in [9.17, 15) is 10.2 Å². The number of nitrogens with zero attached hydrogens (tertiary/aromatic N) is 2. The number of benzene rings is 2. The Morgan fingerprint density at radius 1 is 1.07 bits per heavy atom. The molecule has 0 radical (unpaired) electrons. The van der Waals surface area contributed by atoms with Gasteiger partial charge in [-0.25, -0.2) is 4.98 Å². The van der Waals surface area contributed by atoms with E-state index in [-0.39, 0.29) is 0 Å². The molecule has 1 fully saturated rings. The molecule has 1 aromatic heterocycles.